The van der Waals surface area contributed by atoms with Crippen LogP contribution < -0.4 is 49.1 Å². The van der Waals surface area contributed by atoms with E-state index in [0.29, 0.717) is 92.0 Å². The summed E-state index contributed by atoms with van der Waals surface area (Å²) >= 11 is 0. The van der Waals surface area contributed by atoms with Gasteiger partial charge in [-0.15, -0.1) is 10.2 Å². The molecule has 0 unspecified atom stereocenters. The fraction of sp³-hybridized carbons (Fsp3) is 0.250. The number of nitrogens with zero attached hydrogens (tertiary/aromatic N) is 8. The number of rotatable bonds is 14. The molecule has 4 aromatic heterocycles. The first-order chi connectivity index (χ1) is 32.7. The Morgan fingerprint density at radius 3 is 1.34 bits per heavy atom. The molecule has 8 rings (SSSR count). The summed E-state index contributed by atoms with van der Waals surface area (Å²) in [6.07, 6.45) is 0. The van der Waals surface area contributed by atoms with E-state index in [1.807, 2.05) is 64.1 Å². The quantitative estimate of drug-likeness (QED) is 0.0933. The van der Waals surface area contributed by atoms with Gasteiger partial charge in [0.15, 0.2) is 46.0 Å². The predicted molar refractivity (Wildman–Crippen MR) is 256 cm³/mol. The lowest BCUT2D eigenvalue weighted by Crippen LogP contribution is -2.07. The maximum atomic E-state index is 11.3. The maximum Gasteiger partial charge on any atom is 0.249 e. The van der Waals surface area contributed by atoms with Gasteiger partial charge < -0.3 is 49.1 Å². The van der Waals surface area contributed by atoms with Crippen molar-refractivity contribution in [3.8, 4) is 68.9 Å². The average molecular weight is 926 g/mol. The van der Waals surface area contributed by atoms with E-state index in [1.54, 1.807) is 66.8 Å². The molecule has 0 fully saturated rings. The lowest BCUT2D eigenvalue weighted by atomic mass is 10.2. The topological polar surface area (TPSA) is 221 Å². The van der Waals surface area contributed by atoms with Crippen molar-refractivity contribution in [2.24, 2.45) is 0 Å². The highest BCUT2D eigenvalue weighted by Gasteiger charge is 2.22. The molecule has 0 bridgehead atoms. The molecule has 20 heteroatoms. The third kappa shape index (κ3) is 9.93. The fourth-order valence-corrected chi connectivity index (χ4v) is 7.35. The van der Waals surface area contributed by atoms with Gasteiger partial charge in [-0.25, -0.2) is 24.0 Å². The monoisotopic (exact) mass is 925 g/mol. The standard InChI is InChI=1S/C24H26N6O4.C24H25N5O5/c1-13-21-24(27-18-11-19(32-4)22(34-6)20(12-18)33-5)28-23(29-30(21)14(2)25-13)16-7-9-17(10-8-16)26-15(3)31;1-13-21-24(34-18-11-19(31-4)22(33-6)20(12-18)32-5)27-23(28-29(21)14(2)25-13)16-7-9-17(10-8-16)26-15(3)30/h7-12H,1-6H3,(H,26,31)(H,27,28,29);7-12H,1-6H3,(H,26,30). The molecule has 3 N–H and O–H groups in total. The minimum Gasteiger partial charge on any atom is -0.493 e. The normalized spacial score (nSPS) is 10.8. The van der Waals surface area contributed by atoms with Crippen molar-refractivity contribution in [1.29, 1.82) is 0 Å². The Hall–Kier alpha value is -8.68. The van der Waals surface area contributed by atoms with Crippen LogP contribution in [0.2, 0.25) is 0 Å². The van der Waals surface area contributed by atoms with Crippen LogP contribution in [-0.4, -0.2) is 93.6 Å². The number of hydrogen-bond acceptors (Lipinski definition) is 16. The van der Waals surface area contributed by atoms with Crippen LogP contribution in [0.5, 0.6) is 46.1 Å². The van der Waals surface area contributed by atoms with E-state index in [9.17, 15) is 9.59 Å². The summed E-state index contributed by atoms with van der Waals surface area (Å²) in [7, 11) is 9.31. The van der Waals surface area contributed by atoms with E-state index in [0.717, 1.165) is 33.9 Å². The number of aromatic nitrogens is 8. The number of hydrogen-bond donors (Lipinski definition) is 3. The molecule has 0 aliphatic heterocycles. The van der Waals surface area contributed by atoms with E-state index in [-0.39, 0.29) is 11.8 Å². The van der Waals surface area contributed by atoms with Crippen LogP contribution in [0.25, 0.3) is 33.8 Å². The van der Waals surface area contributed by atoms with E-state index in [4.69, 9.17) is 48.2 Å². The Bertz CT molecular complexity index is 2890. The molecular formula is C48H51N11O9. The Labute approximate surface area is 391 Å². The van der Waals surface area contributed by atoms with Gasteiger partial charge in [0.1, 0.15) is 22.9 Å². The highest BCUT2D eigenvalue weighted by Crippen LogP contribution is 2.43. The van der Waals surface area contributed by atoms with Gasteiger partial charge in [0.25, 0.3) is 0 Å². The Morgan fingerprint density at radius 2 is 0.912 bits per heavy atom. The Kier molecular flexibility index (Phi) is 14.1. The van der Waals surface area contributed by atoms with Crippen LogP contribution in [0.1, 0.15) is 36.9 Å². The first-order valence-electron chi connectivity index (χ1n) is 21.0. The van der Waals surface area contributed by atoms with Gasteiger partial charge in [-0.1, -0.05) is 0 Å². The summed E-state index contributed by atoms with van der Waals surface area (Å²) in [6, 6.07) is 21.6. The van der Waals surface area contributed by atoms with E-state index in [2.05, 4.69) is 31.0 Å². The molecule has 0 aliphatic rings. The van der Waals surface area contributed by atoms with E-state index in [1.165, 1.54) is 35.2 Å². The summed E-state index contributed by atoms with van der Waals surface area (Å²) < 4.78 is 42.3. The number of carbonyl (C=O) groups is 2. The van der Waals surface area contributed by atoms with Gasteiger partial charge in [-0.2, -0.15) is 4.98 Å². The average Bonchev–Trinajstić information content (AvgIpc) is 3.79. The van der Waals surface area contributed by atoms with Crippen LogP contribution in [0.3, 0.4) is 0 Å². The lowest BCUT2D eigenvalue weighted by molar-refractivity contribution is -0.115. The molecule has 20 nitrogen and oxygen atoms in total. The van der Waals surface area contributed by atoms with Crippen molar-refractivity contribution >= 4 is 45.7 Å². The minimum absolute atomic E-state index is 0.133. The molecule has 0 saturated carbocycles. The number of amides is 2. The van der Waals surface area contributed by atoms with Crippen molar-refractivity contribution in [3.63, 3.8) is 0 Å². The van der Waals surface area contributed by atoms with Gasteiger partial charge in [0.05, 0.1) is 54.0 Å². The highest BCUT2D eigenvalue weighted by molar-refractivity contribution is 5.89. The van der Waals surface area contributed by atoms with Crippen molar-refractivity contribution in [2.45, 2.75) is 41.5 Å². The number of methoxy groups -OCH3 is 6. The number of anilines is 4. The van der Waals surface area contributed by atoms with Gasteiger partial charge in [0.2, 0.25) is 29.2 Å². The number of ether oxygens (including phenoxy) is 7. The second-order valence-corrected chi connectivity index (χ2v) is 15.1. The number of fused-ring (bicyclic) bond motifs is 2. The van der Waals surface area contributed by atoms with Crippen LogP contribution in [0, 0.1) is 27.7 Å². The molecule has 0 spiro atoms. The number of aryl methyl sites for hydroxylation is 4. The fourth-order valence-electron chi connectivity index (χ4n) is 7.35. The largest absolute Gasteiger partial charge is 0.493 e. The summed E-state index contributed by atoms with van der Waals surface area (Å²) in [5.74, 6) is 6.33. The molecule has 0 atom stereocenters. The zero-order valence-electron chi connectivity index (χ0n) is 39.7. The molecule has 0 aliphatic carbocycles. The van der Waals surface area contributed by atoms with Crippen LogP contribution in [0.15, 0.2) is 72.8 Å². The lowest BCUT2D eigenvalue weighted by Gasteiger charge is -2.16. The second kappa shape index (κ2) is 20.2. The van der Waals surface area contributed by atoms with Crippen molar-refractivity contribution < 1.29 is 42.7 Å². The van der Waals surface area contributed by atoms with Crippen molar-refractivity contribution in [3.05, 3.63) is 95.8 Å². The Morgan fingerprint density at radius 1 is 0.500 bits per heavy atom. The number of imidazole rings is 2. The highest BCUT2D eigenvalue weighted by atomic mass is 16.5. The van der Waals surface area contributed by atoms with Gasteiger partial charge in [0, 0.05) is 66.3 Å². The first-order valence-corrected chi connectivity index (χ1v) is 21.0. The summed E-state index contributed by atoms with van der Waals surface area (Å²) in [5.41, 5.74) is 6.53. The van der Waals surface area contributed by atoms with Gasteiger partial charge in [-0.05, 0) is 76.2 Å². The molecule has 0 radical (unpaired) electrons. The Balaban J connectivity index is 0.000000201. The SMILES string of the molecule is COc1cc(Nc2nc(-c3ccc(NC(C)=O)cc3)nn3c(C)nc(C)c23)cc(OC)c1OC.COc1cc(Oc2nc(-c3ccc(NC(C)=O)cc3)nn3c(C)nc(C)c23)cc(OC)c1OC. The summed E-state index contributed by atoms with van der Waals surface area (Å²) in [6.45, 7) is 10.5. The van der Waals surface area contributed by atoms with E-state index < -0.39 is 0 Å². The molecule has 0 saturated heterocycles. The minimum atomic E-state index is -0.143. The first kappa shape index (κ1) is 47.3. The molecule has 2 amide bonds. The molecule has 4 aromatic carbocycles. The van der Waals surface area contributed by atoms with Crippen molar-refractivity contribution in [1.82, 2.24) is 39.2 Å². The number of carbonyl (C=O) groups excluding carboxylic acids is 2. The van der Waals surface area contributed by atoms with Crippen molar-refractivity contribution in [2.75, 3.05) is 58.6 Å². The zero-order valence-corrected chi connectivity index (χ0v) is 39.7. The number of benzene rings is 4. The van der Waals surface area contributed by atoms with E-state index >= 15 is 0 Å². The third-order valence-corrected chi connectivity index (χ3v) is 10.3. The second-order valence-electron chi connectivity index (χ2n) is 15.1. The van der Waals surface area contributed by atoms with Gasteiger partial charge in [-0.3, -0.25) is 9.59 Å². The predicted octanol–water partition coefficient (Wildman–Crippen LogP) is 8.32. The maximum absolute atomic E-state index is 11.3. The van der Waals surface area contributed by atoms with Crippen LogP contribution in [0.4, 0.5) is 22.9 Å². The van der Waals surface area contributed by atoms with Crippen LogP contribution in [-0.2, 0) is 9.59 Å². The van der Waals surface area contributed by atoms with Gasteiger partial charge >= 0.3 is 0 Å². The van der Waals surface area contributed by atoms with Crippen LogP contribution >= 0.6 is 0 Å². The zero-order chi connectivity index (χ0) is 48.8. The third-order valence-electron chi connectivity index (χ3n) is 10.3. The summed E-state index contributed by atoms with van der Waals surface area (Å²) in [5, 5.41) is 18.2. The molecular weight excluding hydrogens is 875 g/mol. The molecule has 68 heavy (non-hydrogen) atoms. The molecule has 352 valence electrons. The molecule has 8 aromatic rings. The summed E-state index contributed by atoms with van der Waals surface area (Å²) in [4.78, 5) is 41.2. The molecule has 4 heterocycles. The smallest absolute Gasteiger partial charge is 0.249 e. The number of nitrogens with one attached hydrogen (secondary N) is 3.